The third kappa shape index (κ3) is 3.84. The van der Waals surface area contributed by atoms with E-state index in [1.165, 1.54) is 6.20 Å². The van der Waals surface area contributed by atoms with Crippen LogP contribution in [0.2, 0.25) is 10.0 Å². The van der Waals surface area contributed by atoms with Crippen molar-refractivity contribution in [3.8, 4) is 5.69 Å². The molecule has 21 heavy (non-hydrogen) atoms. The van der Waals surface area contributed by atoms with Crippen molar-refractivity contribution in [1.29, 1.82) is 0 Å². The molecule has 0 spiro atoms. The Bertz CT molecular complexity index is 620. The predicted molar refractivity (Wildman–Crippen MR) is 78.2 cm³/mol. The number of aromatic nitrogens is 3. The van der Waals surface area contributed by atoms with E-state index in [0.29, 0.717) is 11.4 Å². The van der Waals surface area contributed by atoms with Gasteiger partial charge in [-0.3, -0.25) is 0 Å². The smallest absolute Gasteiger partial charge is 0.166 e. The number of hydrogen-bond acceptors (Lipinski definition) is 3. The van der Waals surface area contributed by atoms with Gasteiger partial charge in [-0.15, -0.1) is 4.80 Å². The zero-order valence-corrected chi connectivity index (χ0v) is 13.1. The number of nitrogens with zero attached hydrogens (tertiary/aromatic N) is 3. The average molecular weight is 356 g/mol. The highest BCUT2D eigenvalue weighted by molar-refractivity contribution is 7.98. The summed E-state index contributed by atoms with van der Waals surface area (Å²) in [6.45, 7) is 2.01. The molecule has 2 rings (SSSR count). The van der Waals surface area contributed by atoms with Gasteiger partial charge in [0.15, 0.2) is 0 Å². The molecule has 114 valence electrons. The normalized spacial score (nSPS) is 11.9. The maximum absolute atomic E-state index is 12.7. The summed E-state index contributed by atoms with van der Waals surface area (Å²) >= 11 is 13.5. The topological polar surface area (TPSA) is 30.7 Å². The minimum absolute atomic E-state index is 0.138. The van der Waals surface area contributed by atoms with E-state index in [1.807, 2.05) is 6.92 Å². The van der Waals surface area contributed by atoms with E-state index in [4.69, 9.17) is 23.2 Å². The van der Waals surface area contributed by atoms with Gasteiger partial charge in [0, 0.05) is 5.75 Å². The first kappa shape index (κ1) is 16.5. The lowest BCUT2D eigenvalue weighted by Crippen LogP contribution is -2.08. The fraction of sp³-hybridized carbons (Fsp3) is 0.333. The molecule has 0 saturated carbocycles. The summed E-state index contributed by atoms with van der Waals surface area (Å²) in [4.78, 5) is 1.15. The molecular weight excluding hydrogens is 346 g/mol. The van der Waals surface area contributed by atoms with E-state index < -0.39 is 11.7 Å². The van der Waals surface area contributed by atoms with Crippen molar-refractivity contribution in [2.45, 2.75) is 18.9 Å². The van der Waals surface area contributed by atoms with Crippen LogP contribution in [-0.4, -0.2) is 20.7 Å². The van der Waals surface area contributed by atoms with Gasteiger partial charge >= 0.3 is 6.18 Å². The second-order valence-electron chi connectivity index (χ2n) is 4.05. The van der Waals surface area contributed by atoms with Gasteiger partial charge in [-0.1, -0.05) is 30.1 Å². The SMILES string of the molecule is CCSCc1cnn(-c2c(Cl)cc(C(F)(F)F)cc2Cl)n1. The molecule has 0 saturated heterocycles. The quantitative estimate of drug-likeness (QED) is 0.785. The van der Waals surface area contributed by atoms with E-state index in [2.05, 4.69) is 10.2 Å². The number of benzene rings is 1. The largest absolute Gasteiger partial charge is 0.416 e. The molecule has 0 atom stereocenters. The molecule has 0 N–H and O–H groups in total. The number of hydrogen-bond donors (Lipinski definition) is 0. The summed E-state index contributed by atoms with van der Waals surface area (Å²) in [5.74, 6) is 1.58. The molecule has 0 fully saturated rings. The van der Waals surface area contributed by atoms with Crippen molar-refractivity contribution in [3.05, 3.63) is 39.6 Å². The first-order chi connectivity index (χ1) is 9.82. The van der Waals surface area contributed by atoms with E-state index in [-0.39, 0.29) is 15.7 Å². The van der Waals surface area contributed by atoms with E-state index in [1.54, 1.807) is 11.8 Å². The average Bonchev–Trinajstić information content (AvgIpc) is 2.83. The summed E-state index contributed by atoms with van der Waals surface area (Å²) in [6.07, 6.45) is -2.97. The minimum atomic E-state index is -4.51. The highest BCUT2D eigenvalue weighted by atomic mass is 35.5. The lowest BCUT2D eigenvalue weighted by molar-refractivity contribution is -0.137. The van der Waals surface area contributed by atoms with Crippen LogP contribution in [0, 0.1) is 0 Å². The number of halogens is 5. The van der Waals surface area contributed by atoms with Crippen LogP contribution in [0.5, 0.6) is 0 Å². The van der Waals surface area contributed by atoms with Gasteiger partial charge in [0.1, 0.15) is 5.69 Å². The zero-order chi connectivity index (χ0) is 15.6. The van der Waals surface area contributed by atoms with Crippen LogP contribution in [-0.2, 0) is 11.9 Å². The second-order valence-corrected chi connectivity index (χ2v) is 6.14. The Hall–Kier alpha value is -0.920. The monoisotopic (exact) mass is 355 g/mol. The molecule has 0 unspecified atom stereocenters. The third-order valence-corrected chi connectivity index (χ3v) is 4.02. The summed E-state index contributed by atoms with van der Waals surface area (Å²) < 4.78 is 38.0. The van der Waals surface area contributed by atoms with Crippen LogP contribution in [0.1, 0.15) is 18.2 Å². The molecule has 3 nitrogen and oxygen atoms in total. The van der Waals surface area contributed by atoms with Crippen LogP contribution >= 0.6 is 35.0 Å². The molecule has 0 radical (unpaired) electrons. The van der Waals surface area contributed by atoms with Crippen LogP contribution in [0.15, 0.2) is 18.3 Å². The van der Waals surface area contributed by atoms with Gasteiger partial charge < -0.3 is 0 Å². The van der Waals surface area contributed by atoms with Crippen LogP contribution < -0.4 is 0 Å². The predicted octanol–water partition coefficient (Wildman–Crippen LogP) is 4.85. The van der Waals surface area contributed by atoms with E-state index in [9.17, 15) is 13.2 Å². The van der Waals surface area contributed by atoms with Crippen LogP contribution in [0.4, 0.5) is 13.2 Å². The van der Waals surface area contributed by atoms with Crippen molar-refractivity contribution in [1.82, 2.24) is 15.0 Å². The Balaban J connectivity index is 2.38. The van der Waals surface area contributed by atoms with Gasteiger partial charge in [0.25, 0.3) is 0 Å². The Kier molecular flexibility index (Phi) is 5.06. The van der Waals surface area contributed by atoms with Gasteiger partial charge in [-0.05, 0) is 17.9 Å². The molecule has 0 aliphatic heterocycles. The molecule has 0 bridgehead atoms. The Morgan fingerprint density at radius 2 is 1.86 bits per heavy atom. The van der Waals surface area contributed by atoms with Crippen molar-refractivity contribution in [2.24, 2.45) is 0 Å². The minimum Gasteiger partial charge on any atom is -0.166 e. The maximum Gasteiger partial charge on any atom is 0.416 e. The van der Waals surface area contributed by atoms with Gasteiger partial charge in [-0.25, -0.2) is 0 Å². The van der Waals surface area contributed by atoms with Gasteiger partial charge in [0.2, 0.25) is 0 Å². The van der Waals surface area contributed by atoms with Crippen molar-refractivity contribution < 1.29 is 13.2 Å². The molecule has 2 aromatic rings. The second kappa shape index (κ2) is 6.46. The zero-order valence-electron chi connectivity index (χ0n) is 10.8. The lowest BCUT2D eigenvalue weighted by atomic mass is 10.2. The Labute approximate surface area is 133 Å². The Morgan fingerprint density at radius 3 is 2.38 bits per heavy atom. The third-order valence-electron chi connectivity index (χ3n) is 2.54. The molecule has 1 heterocycles. The standard InChI is InChI=1S/C12H10Cl2F3N3S/c1-2-21-6-8-5-18-20(19-8)11-9(13)3-7(4-10(11)14)12(15,16)17/h3-5H,2,6H2,1H3. The summed E-state index contributed by atoms with van der Waals surface area (Å²) in [6, 6.07) is 1.62. The molecular formula is C12H10Cl2F3N3S. The van der Waals surface area contributed by atoms with Crippen LogP contribution in [0.3, 0.4) is 0 Å². The number of alkyl halides is 3. The van der Waals surface area contributed by atoms with E-state index in [0.717, 1.165) is 22.7 Å². The summed E-state index contributed by atoms with van der Waals surface area (Å²) in [5.41, 5.74) is -0.0665. The summed E-state index contributed by atoms with van der Waals surface area (Å²) in [5, 5.41) is 7.86. The van der Waals surface area contributed by atoms with Crippen molar-refractivity contribution in [3.63, 3.8) is 0 Å². The van der Waals surface area contributed by atoms with E-state index >= 15 is 0 Å². The highest BCUT2D eigenvalue weighted by Crippen LogP contribution is 2.37. The van der Waals surface area contributed by atoms with Crippen molar-refractivity contribution >= 4 is 35.0 Å². The van der Waals surface area contributed by atoms with Crippen LogP contribution in [0.25, 0.3) is 5.69 Å². The van der Waals surface area contributed by atoms with Gasteiger partial charge in [0.05, 0.1) is 27.5 Å². The molecule has 0 aliphatic carbocycles. The Morgan fingerprint density at radius 1 is 1.24 bits per heavy atom. The molecule has 0 amide bonds. The molecule has 1 aromatic heterocycles. The fourth-order valence-electron chi connectivity index (χ4n) is 1.60. The number of thioether (sulfide) groups is 1. The molecule has 1 aromatic carbocycles. The first-order valence-electron chi connectivity index (χ1n) is 5.88. The lowest BCUT2D eigenvalue weighted by Gasteiger charge is -2.11. The number of rotatable bonds is 4. The molecule has 9 heteroatoms. The summed E-state index contributed by atoms with van der Waals surface area (Å²) in [7, 11) is 0. The van der Waals surface area contributed by atoms with Gasteiger partial charge in [-0.2, -0.15) is 35.1 Å². The maximum atomic E-state index is 12.7. The van der Waals surface area contributed by atoms with Crippen molar-refractivity contribution in [2.75, 3.05) is 5.75 Å². The first-order valence-corrected chi connectivity index (χ1v) is 7.79. The molecule has 0 aliphatic rings. The highest BCUT2D eigenvalue weighted by Gasteiger charge is 2.32. The fourth-order valence-corrected chi connectivity index (χ4v) is 2.78.